The first-order chi connectivity index (χ1) is 14.3. The molecule has 2 aromatic rings. The molecular formula is C20H21F4N3O3. The van der Waals surface area contributed by atoms with Gasteiger partial charge in [0.05, 0.1) is 25.0 Å². The molecule has 0 N–H and O–H groups in total. The number of halogens is 4. The van der Waals surface area contributed by atoms with E-state index in [9.17, 15) is 27.2 Å². The van der Waals surface area contributed by atoms with E-state index in [0.29, 0.717) is 25.9 Å². The van der Waals surface area contributed by atoms with Crippen LogP contribution in [0.5, 0.6) is 0 Å². The summed E-state index contributed by atoms with van der Waals surface area (Å²) in [5.41, 5.74) is -1.08. The van der Waals surface area contributed by atoms with Crippen molar-refractivity contribution in [2.75, 3.05) is 19.7 Å². The summed E-state index contributed by atoms with van der Waals surface area (Å²) in [7, 11) is 0. The zero-order chi connectivity index (χ0) is 21.8. The average molecular weight is 427 g/mol. The summed E-state index contributed by atoms with van der Waals surface area (Å²) in [6.07, 6.45) is -1.13. The van der Waals surface area contributed by atoms with Gasteiger partial charge in [0, 0.05) is 19.0 Å². The standard InChI is InChI=1S/C20H21F4N3O3/c1-2-30-20(29)15-10-25-27(17(15)19(23)24)11-26-7-5-12(6-8-26)18(28)14-9-13(21)3-4-16(14)22/h3-4,9-10,12,19H,2,5-8,11H2,1H3. The minimum Gasteiger partial charge on any atom is -0.462 e. The van der Waals surface area contributed by atoms with Gasteiger partial charge < -0.3 is 4.74 Å². The van der Waals surface area contributed by atoms with Crippen molar-refractivity contribution in [3.8, 4) is 0 Å². The van der Waals surface area contributed by atoms with Crippen LogP contribution in [-0.4, -0.2) is 46.1 Å². The van der Waals surface area contributed by atoms with E-state index < -0.39 is 41.4 Å². The van der Waals surface area contributed by atoms with E-state index in [1.165, 1.54) is 0 Å². The molecule has 1 fully saturated rings. The Balaban J connectivity index is 1.66. The van der Waals surface area contributed by atoms with Gasteiger partial charge in [0.2, 0.25) is 0 Å². The van der Waals surface area contributed by atoms with Gasteiger partial charge in [0.15, 0.2) is 5.78 Å². The van der Waals surface area contributed by atoms with Crippen LogP contribution in [0.15, 0.2) is 24.4 Å². The van der Waals surface area contributed by atoms with Gasteiger partial charge in [0.25, 0.3) is 6.43 Å². The second-order valence-electron chi connectivity index (χ2n) is 6.99. The molecule has 1 aromatic carbocycles. The molecule has 2 heterocycles. The number of likely N-dealkylation sites (tertiary alicyclic amines) is 1. The average Bonchev–Trinajstić information content (AvgIpc) is 3.14. The van der Waals surface area contributed by atoms with Crippen molar-refractivity contribution in [2.24, 2.45) is 5.92 Å². The van der Waals surface area contributed by atoms with Crippen LogP contribution < -0.4 is 0 Å². The molecule has 0 radical (unpaired) electrons. The highest BCUT2D eigenvalue weighted by Gasteiger charge is 2.30. The fraction of sp³-hybridized carbons (Fsp3) is 0.450. The SMILES string of the molecule is CCOC(=O)c1cnn(CN2CCC(C(=O)c3cc(F)ccc3F)CC2)c1C(F)F. The normalized spacial score (nSPS) is 15.5. The van der Waals surface area contributed by atoms with Crippen molar-refractivity contribution in [2.45, 2.75) is 32.9 Å². The molecule has 30 heavy (non-hydrogen) atoms. The van der Waals surface area contributed by atoms with Crippen LogP contribution in [0.1, 0.15) is 52.6 Å². The number of hydrogen-bond acceptors (Lipinski definition) is 5. The van der Waals surface area contributed by atoms with Crippen molar-refractivity contribution in [3.05, 3.63) is 52.9 Å². The number of carbonyl (C=O) groups is 2. The van der Waals surface area contributed by atoms with Crippen molar-refractivity contribution in [3.63, 3.8) is 0 Å². The Morgan fingerprint density at radius 3 is 2.53 bits per heavy atom. The number of rotatable bonds is 7. The Labute approximate surface area is 170 Å². The Hall–Kier alpha value is -2.75. The van der Waals surface area contributed by atoms with Crippen LogP contribution in [0.3, 0.4) is 0 Å². The summed E-state index contributed by atoms with van der Waals surface area (Å²) in [5, 5.41) is 3.89. The maximum atomic E-state index is 13.9. The molecule has 1 aromatic heterocycles. The second kappa shape index (κ2) is 9.38. The lowest BCUT2D eigenvalue weighted by Gasteiger charge is -2.31. The highest BCUT2D eigenvalue weighted by molar-refractivity contribution is 5.98. The van der Waals surface area contributed by atoms with E-state index >= 15 is 0 Å². The molecule has 10 heteroatoms. The number of carbonyl (C=O) groups excluding carboxylic acids is 2. The van der Waals surface area contributed by atoms with Gasteiger partial charge in [-0.3, -0.25) is 9.69 Å². The Kier molecular flexibility index (Phi) is 6.86. The summed E-state index contributed by atoms with van der Waals surface area (Å²) in [4.78, 5) is 26.2. The number of esters is 1. The predicted octanol–water partition coefficient (Wildman–Crippen LogP) is 3.83. The van der Waals surface area contributed by atoms with E-state index in [0.717, 1.165) is 29.1 Å². The number of nitrogens with zero attached hydrogens (tertiary/aromatic N) is 3. The zero-order valence-corrected chi connectivity index (χ0v) is 16.3. The van der Waals surface area contributed by atoms with Crippen molar-refractivity contribution in [1.29, 1.82) is 0 Å². The predicted molar refractivity (Wildman–Crippen MR) is 98.1 cm³/mol. The molecule has 0 saturated carbocycles. The molecular weight excluding hydrogens is 406 g/mol. The lowest BCUT2D eigenvalue weighted by molar-refractivity contribution is 0.0509. The maximum Gasteiger partial charge on any atom is 0.341 e. The topological polar surface area (TPSA) is 64.4 Å². The number of alkyl halides is 2. The quantitative estimate of drug-likeness (QED) is 0.382. The van der Waals surface area contributed by atoms with Crippen molar-refractivity contribution in [1.82, 2.24) is 14.7 Å². The van der Waals surface area contributed by atoms with Crippen LogP contribution >= 0.6 is 0 Å². The Bertz CT molecular complexity index is 924. The molecule has 1 aliphatic heterocycles. The van der Waals surface area contributed by atoms with Crippen molar-refractivity contribution >= 4 is 11.8 Å². The molecule has 3 rings (SSSR count). The molecule has 0 unspecified atom stereocenters. The van der Waals surface area contributed by atoms with Crippen molar-refractivity contribution < 1.29 is 31.9 Å². The number of benzene rings is 1. The third-order valence-corrected chi connectivity index (χ3v) is 5.07. The van der Waals surface area contributed by atoms with Gasteiger partial charge in [-0.25, -0.2) is 27.0 Å². The lowest BCUT2D eigenvalue weighted by Crippen LogP contribution is -2.38. The molecule has 0 spiro atoms. The summed E-state index contributed by atoms with van der Waals surface area (Å²) in [6.45, 7) is 2.40. The summed E-state index contributed by atoms with van der Waals surface area (Å²) >= 11 is 0. The first kappa shape index (κ1) is 21.9. The molecule has 1 aliphatic rings. The third kappa shape index (κ3) is 4.69. The summed E-state index contributed by atoms with van der Waals surface area (Å²) in [6, 6.07) is 2.76. The molecule has 0 aliphatic carbocycles. The summed E-state index contributed by atoms with van der Waals surface area (Å²) in [5.74, 6) is -3.27. The fourth-order valence-corrected chi connectivity index (χ4v) is 3.54. The lowest BCUT2D eigenvalue weighted by atomic mass is 9.89. The van der Waals surface area contributed by atoms with E-state index in [1.807, 2.05) is 0 Å². The minimum atomic E-state index is -2.91. The van der Waals surface area contributed by atoms with Gasteiger partial charge in [-0.2, -0.15) is 5.10 Å². The largest absolute Gasteiger partial charge is 0.462 e. The summed E-state index contributed by atoms with van der Waals surface area (Å²) < 4.78 is 60.1. The zero-order valence-electron chi connectivity index (χ0n) is 16.3. The number of piperidine rings is 1. The van der Waals surface area contributed by atoms with E-state index in [2.05, 4.69) is 5.10 Å². The molecule has 1 saturated heterocycles. The Morgan fingerprint density at radius 2 is 1.90 bits per heavy atom. The first-order valence-corrected chi connectivity index (χ1v) is 9.54. The number of ketones is 1. The molecule has 0 bridgehead atoms. The molecule has 162 valence electrons. The van der Waals surface area contributed by atoms with Gasteiger partial charge in [-0.15, -0.1) is 0 Å². The van der Waals surface area contributed by atoms with Gasteiger partial charge >= 0.3 is 5.97 Å². The smallest absolute Gasteiger partial charge is 0.341 e. The molecule has 0 atom stereocenters. The highest BCUT2D eigenvalue weighted by atomic mass is 19.3. The number of hydrogen-bond donors (Lipinski definition) is 0. The van der Waals surface area contributed by atoms with Gasteiger partial charge in [-0.1, -0.05) is 0 Å². The van der Waals surface area contributed by atoms with E-state index in [4.69, 9.17) is 4.74 Å². The Morgan fingerprint density at radius 1 is 1.20 bits per heavy atom. The van der Waals surface area contributed by atoms with Crippen LogP contribution in [0, 0.1) is 17.6 Å². The third-order valence-electron chi connectivity index (χ3n) is 5.07. The number of aromatic nitrogens is 2. The molecule has 6 nitrogen and oxygen atoms in total. The van der Waals surface area contributed by atoms with Gasteiger partial charge in [0.1, 0.15) is 22.9 Å². The highest BCUT2D eigenvalue weighted by Crippen LogP contribution is 2.27. The number of ether oxygens (including phenoxy) is 1. The number of Topliss-reactive ketones (excluding diaryl/α,β-unsaturated/α-hetero) is 1. The van der Waals surface area contributed by atoms with Gasteiger partial charge in [-0.05, 0) is 38.0 Å². The second-order valence-corrected chi connectivity index (χ2v) is 6.99. The van der Waals surface area contributed by atoms with E-state index in [-0.39, 0.29) is 24.4 Å². The van der Waals surface area contributed by atoms with E-state index in [1.54, 1.807) is 11.8 Å². The minimum absolute atomic E-state index is 0.00825. The molecule has 0 amide bonds. The first-order valence-electron chi connectivity index (χ1n) is 9.54. The van der Waals surface area contributed by atoms with Crippen LogP contribution in [0.25, 0.3) is 0 Å². The van der Waals surface area contributed by atoms with Crippen LogP contribution in [0.2, 0.25) is 0 Å². The monoisotopic (exact) mass is 427 g/mol. The maximum absolute atomic E-state index is 13.9. The fourth-order valence-electron chi connectivity index (χ4n) is 3.54. The van der Waals surface area contributed by atoms with Crippen LogP contribution in [0.4, 0.5) is 17.6 Å². The van der Waals surface area contributed by atoms with Crippen LogP contribution in [-0.2, 0) is 11.4 Å².